The first-order chi connectivity index (χ1) is 15.5. The van der Waals surface area contributed by atoms with E-state index in [0.29, 0.717) is 31.7 Å². The highest BCUT2D eigenvalue weighted by Gasteiger charge is 2.15. The molecule has 1 heterocycles. The number of ether oxygens (including phenoxy) is 1. The van der Waals surface area contributed by atoms with Gasteiger partial charge in [0.15, 0.2) is 0 Å². The van der Waals surface area contributed by atoms with Crippen molar-refractivity contribution in [2.75, 3.05) is 19.7 Å². The fourth-order valence-corrected chi connectivity index (χ4v) is 5.45. The summed E-state index contributed by atoms with van der Waals surface area (Å²) in [5, 5.41) is 4.77. The van der Waals surface area contributed by atoms with Crippen LogP contribution in [0.5, 0.6) is 5.75 Å². The number of benzene rings is 2. The first-order valence-electron chi connectivity index (χ1n) is 10.7. The summed E-state index contributed by atoms with van der Waals surface area (Å²) in [7, 11) is -3.61. The van der Waals surface area contributed by atoms with Gasteiger partial charge in [0.25, 0.3) is 5.91 Å². The molecule has 0 spiro atoms. The van der Waals surface area contributed by atoms with Crippen LogP contribution in [0.1, 0.15) is 32.8 Å². The quantitative estimate of drug-likeness (QED) is 0.444. The molecule has 0 atom stereocenters. The summed E-state index contributed by atoms with van der Waals surface area (Å²) in [6.07, 6.45) is 4.07. The Morgan fingerprint density at radius 1 is 1.00 bits per heavy atom. The first kappa shape index (κ1) is 22.5. The molecule has 1 aliphatic rings. The van der Waals surface area contributed by atoms with Gasteiger partial charge in [-0.2, -0.15) is 0 Å². The van der Waals surface area contributed by atoms with E-state index in [1.807, 2.05) is 23.6 Å². The lowest BCUT2D eigenvalue weighted by Crippen LogP contribution is -2.28. The second-order valence-corrected chi connectivity index (χ2v) is 10.4. The van der Waals surface area contributed by atoms with Crippen LogP contribution in [0, 0.1) is 0 Å². The van der Waals surface area contributed by atoms with Crippen LogP contribution in [0.4, 0.5) is 0 Å². The number of thiophene rings is 1. The summed E-state index contributed by atoms with van der Waals surface area (Å²) in [5.74, 6) is 0.554. The number of rotatable bonds is 10. The number of amides is 1. The zero-order valence-electron chi connectivity index (χ0n) is 17.7. The van der Waals surface area contributed by atoms with Crippen LogP contribution in [0.2, 0.25) is 0 Å². The van der Waals surface area contributed by atoms with E-state index in [4.69, 9.17) is 4.74 Å². The van der Waals surface area contributed by atoms with Crippen LogP contribution in [0.25, 0.3) is 0 Å². The summed E-state index contributed by atoms with van der Waals surface area (Å²) in [4.78, 5) is 13.6. The fraction of sp³-hybridized carbons (Fsp3) is 0.292. The third-order valence-corrected chi connectivity index (χ3v) is 7.81. The van der Waals surface area contributed by atoms with Gasteiger partial charge < -0.3 is 10.1 Å². The van der Waals surface area contributed by atoms with Crippen LogP contribution in [0.3, 0.4) is 0 Å². The van der Waals surface area contributed by atoms with Gasteiger partial charge in [-0.15, -0.1) is 11.3 Å². The van der Waals surface area contributed by atoms with Crippen molar-refractivity contribution < 1.29 is 17.9 Å². The van der Waals surface area contributed by atoms with E-state index >= 15 is 0 Å². The zero-order valence-corrected chi connectivity index (χ0v) is 19.3. The van der Waals surface area contributed by atoms with E-state index in [1.165, 1.54) is 41.8 Å². The smallest absolute Gasteiger partial charge is 0.251 e. The van der Waals surface area contributed by atoms with Gasteiger partial charge in [0, 0.05) is 17.0 Å². The number of fused-ring (bicyclic) bond motifs is 1. The van der Waals surface area contributed by atoms with Crippen molar-refractivity contribution >= 4 is 27.3 Å². The monoisotopic (exact) mass is 470 g/mol. The molecule has 168 valence electrons. The second-order valence-electron chi connectivity index (χ2n) is 7.64. The van der Waals surface area contributed by atoms with Crippen LogP contribution in [-0.2, 0) is 29.3 Å². The number of carbonyl (C=O) groups is 1. The third kappa shape index (κ3) is 5.76. The highest BCUT2D eigenvalue weighted by molar-refractivity contribution is 7.89. The molecule has 4 rings (SSSR count). The van der Waals surface area contributed by atoms with Gasteiger partial charge in [0.2, 0.25) is 10.0 Å². The number of hydrogen-bond donors (Lipinski definition) is 2. The predicted molar refractivity (Wildman–Crippen MR) is 126 cm³/mol. The maximum absolute atomic E-state index is 12.4. The van der Waals surface area contributed by atoms with Crippen molar-refractivity contribution in [2.24, 2.45) is 0 Å². The normalized spacial score (nSPS) is 13.0. The van der Waals surface area contributed by atoms with Crippen molar-refractivity contribution in [2.45, 2.75) is 30.6 Å². The summed E-state index contributed by atoms with van der Waals surface area (Å²) in [6, 6.07) is 16.0. The Hall–Kier alpha value is -2.68. The Labute approximate surface area is 192 Å². The molecule has 2 N–H and O–H groups in total. The summed E-state index contributed by atoms with van der Waals surface area (Å²) < 4.78 is 33.2. The minimum atomic E-state index is -3.61. The molecule has 0 fully saturated rings. The first-order valence-corrected chi connectivity index (χ1v) is 13.0. The lowest BCUT2D eigenvalue weighted by molar-refractivity contribution is 0.0947. The molecule has 2 aromatic carbocycles. The van der Waals surface area contributed by atoms with Gasteiger partial charge in [-0.05, 0) is 84.7 Å². The molecule has 6 nitrogen and oxygen atoms in total. The SMILES string of the molecule is O=C(NCCOc1ccc2c(c1)CCC2)c1ccc(S(=O)(=O)NCCc2cccs2)cc1. The molecule has 0 aliphatic heterocycles. The summed E-state index contributed by atoms with van der Waals surface area (Å²) in [6.45, 7) is 1.06. The minimum Gasteiger partial charge on any atom is -0.492 e. The van der Waals surface area contributed by atoms with Gasteiger partial charge in [-0.1, -0.05) is 12.1 Å². The van der Waals surface area contributed by atoms with E-state index in [-0.39, 0.29) is 10.8 Å². The van der Waals surface area contributed by atoms with E-state index in [0.717, 1.165) is 23.5 Å². The largest absolute Gasteiger partial charge is 0.492 e. The molecule has 1 amide bonds. The second kappa shape index (κ2) is 10.3. The van der Waals surface area contributed by atoms with Gasteiger partial charge in [0.05, 0.1) is 11.4 Å². The lowest BCUT2D eigenvalue weighted by Gasteiger charge is -2.10. The highest BCUT2D eigenvalue weighted by Crippen LogP contribution is 2.25. The van der Waals surface area contributed by atoms with Gasteiger partial charge in [-0.3, -0.25) is 4.79 Å². The number of sulfonamides is 1. The molecule has 1 aliphatic carbocycles. The number of nitrogens with one attached hydrogen (secondary N) is 2. The molecular weight excluding hydrogens is 444 g/mol. The topological polar surface area (TPSA) is 84.5 Å². The molecule has 0 unspecified atom stereocenters. The third-order valence-electron chi connectivity index (χ3n) is 5.40. The number of carbonyl (C=O) groups excluding carboxylic acids is 1. The average molecular weight is 471 g/mol. The molecule has 3 aromatic rings. The maximum Gasteiger partial charge on any atom is 0.251 e. The Morgan fingerprint density at radius 2 is 1.81 bits per heavy atom. The van der Waals surface area contributed by atoms with Gasteiger partial charge in [-0.25, -0.2) is 13.1 Å². The summed E-state index contributed by atoms with van der Waals surface area (Å²) in [5.41, 5.74) is 3.15. The maximum atomic E-state index is 12.4. The predicted octanol–water partition coefficient (Wildman–Crippen LogP) is 3.57. The Balaban J connectivity index is 1.22. The van der Waals surface area contributed by atoms with E-state index in [1.54, 1.807) is 11.3 Å². The summed E-state index contributed by atoms with van der Waals surface area (Å²) >= 11 is 1.60. The van der Waals surface area contributed by atoms with Crippen molar-refractivity contribution in [3.8, 4) is 5.75 Å². The van der Waals surface area contributed by atoms with E-state index in [9.17, 15) is 13.2 Å². The standard InChI is InChI=1S/C24H26N2O4S2/c27-24(25-14-15-30-21-9-6-18-3-1-4-20(18)17-21)19-7-10-23(11-8-19)32(28,29)26-13-12-22-5-2-16-31-22/h2,5-11,16-17,26H,1,3-4,12-15H2,(H,25,27). The number of aryl methyl sites for hydroxylation is 2. The van der Waals surface area contributed by atoms with Crippen LogP contribution >= 0.6 is 11.3 Å². The van der Waals surface area contributed by atoms with Crippen molar-refractivity contribution in [3.05, 3.63) is 81.5 Å². The molecule has 1 aromatic heterocycles. The van der Waals surface area contributed by atoms with Crippen LogP contribution in [0.15, 0.2) is 64.9 Å². The van der Waals surface area contributed by atoms with Crippen molar-refractivity contribution in [1.82, 2.24) is 10.0 Å². The van der Waals surface area contributed by atoms with E-state index < -0.39 is 10.0 Å². The van der Waals surface area contributed by atoms with E-state index in [2.05, 4.69) is 22.2 Å². The molecular formula is C24H26N2O4S2. The lowest BCUT2D eigenvalue weighted by atomic mass is 10.1. The average Bonchev–Trinajstić information content (AvgIpc) is 3.48. The Bertz CT molecular complexity index is 1160. The molecule has 32 heavy (non-hydrogen) atoms. The highest BCUT2D eigenvalue weighted by atomic mass is 32.2. The van der Waals surface area contributed by atoms with Crippen molar-refractivity contribution in [3.63, 3.8) is 0 Å². The molecule has 0 saturated heterocycles. The van der Waals surface area contributed by atoms with Crippen LogP contribution < -0.4 is 14.8 Å². The molecule has 0 bridgehead atoms. The van der Waals surface area contributed by atoms with Gasteiger partial charge in [0.1, 0.15) is 12.4 Å². The van der Waals surface area contributed by atoms with Crippen LogP contribution in [-0.4, -0.2) is 34.0 Å². The number of hydrogen-bond acceptors (Lipinski definition) is 5. The molecule has 8 heteroatoms. The minimum absolute atomic E-state index is 0.139. The Morgan fingerprint density at radius 3 is 2.59 bits per heavy atom. The molecule has 0 saturated carbocycles. The Kier molecular flexibility index (Phi) is 7.24. The molecule has 0 radical (unpaired) electrons. The zero-order chi connectivity index (χ0) is 22.4. The van der Waals surface area contributed by atoms with Gasteiger partial charge >= 0.3 is 0 Å². The fourth-order valence-electron chi connectivity index (χ4n) is 3.71. The van der Waals surface area contributed by atoms with Crippen molar-refractivity contribution in [1.29, 1.82) is 0 Å².